The van der Waals surface area contributed by atoms with Crippen LogP contribution in [-0.4, -0.2) is 47.8 Å². The zero-order chi connectivity index (χ0) is 13.4. The Labute approximate surface area is 118 Å². The molecule has 5 heteroatoms. The molecule has 5 nitrogen and oxygen atoms in total. The Morgan fingerprint density at radius 1 is 1.35 bits per heavy atom. The van der Waals surface area contributed by atoms with Crippen molar-refractivity contribution in [3.8, 4) is 0 Å². The third kappa shape index (κ3) is 2.27. The van der Waals surface area contributed by atoms with Crippen LogP contribution in [0.4, 0.5) is 5.82 Å². The van der Waals surface area contributed by atoms with E-state index in [4.69, 9.17) is 4.74 Å². The number of anilines is 1. The first-order valence-electron chi connectivity index (χ1n) is 7.42. The molecule has 3 heterocycles. The number of hydrogen-bond acceptors (Lipinski definition) is 4. The number of nitrogens with zero attached hydrogens (tertiary/aromatic N) is 3. The Kier molecular flexibility index (Phi) is 3.09. The second-order valence-electron chi connectivity index (χ2n) is 5.64. The van der Waals surface area contributed by atoms with Crippen LogP contribution in [0.1, 0.15) is 12.8 Å². The van der Waals surface area contributed by atoms with E-state index in [1.54, 1.807) is 0 Å². The second-order valence-corrected chi connectivity index (χ2v) is 5.64. The van der Waals surface area contributed by atoms with Crippen molar-refractivity contribution < 1.29 is 4.74 Å². The van der Waals surface area contributed by atoms with Crippen molar-refractivity contribution in [2.45, 2.75) is 24.9 Å². The average Bonchev–Trinajstić information content (AvgIpc) is 3.20. The van der Waals surface area contributed by atoms with Gasteiger partial charge in [0.05, 0.1) is 19.3 Å². The number of ether oxygens (including phenoxy) is 1. The van der Waals surface area contributed by atoms with Crippen LogP contribution in [0, 0.1) is 0 Å². The highest BCUT2D eigenvalue weighted by atomic mass is 16.5. The van der Waals surface area contributed by atoms with Crippen LogP contribution in [0.15, 0.2) is 30.6 Å². The van der Waals surface area contributed by atoms with Crippen molar-refractivity contribution in [1.82, 2.24) is 14.7 Å². The Bertz CT molecular complexity index is 592. The van der Waals surface area contributed by atoms with Gasteiger partial charge in [-0.05, 0) is 25.0 Å². The first-order valence-corrected chi connectivity index (χ1v) is 7.42. The minimum atomic E-state index is 0.400. The Hall–Kier alpha value is -1.59. The molecule has 1 aliphatic carbocycles. The van der Waals surface area contributed by atoms with Crippen LogP contribution in [-0.2, 0) is 4.74 Å². The number of pyridine rings is 1. The van der Waals surface area contributed by atoms with Crippen molar-refractivity contribution in [3.63, 3.8) is 0 Å². The first kappa shape index (κ1) is 12.2. The maximum absolute atomic E-state index is 5.67. The summed E-state index contributed by atoms with van der Waals surface area (Å²) in [5.74, 6) is 1.21. The van der Waals surface area contributed by atoms with Gasteiger partial charge in [-0.15, -0.1) is 0 Å². The third-order valence-corrected chi connectivity index (χ3v) is 4.15. The molecular weight excluding hydrogens is 252 g/mol. The van der Waals surface area contributed by atoms with Crippen molar-refractivity contribution >= 4 is 11.5 Å². The van der Waals surface area contributed by atoms with E-state index in [0.29, 0.717) is 6.04 Å². The molecule has 0 amide bonds. The number of nitrogens with one attached hydrogen (secondary N) is 1. The van der Waals surface area contributed by atoms with Gasteiger partial charge in [0.1, 0.15) is 11.5 Å². The molecule has 1 N–H and O–H groups in total. The highest BCUT2D eigenvalue weighted by molar-refractivity contribution is 5.52. The predicted molar refractivity (Wildman–Crippen MR) is 78.2 cm³/mol. The quantitative estimate of drug-likeness (QED) is 0.911. The highest BCUT2D eigenvalue weighted by Crippen LogP contribution is 2.23. The molecule has 20 heavy (non-hydrogen) atoms. The van der Waals surface area contributed by atoms with E-state index in [1.807, 2.05) is 18.5 Å². The van der Waals surface area contributed by atoms with Crippen LogP contribution < -0.4 is 10.2 Å². The third-order valence-electron chi connectivity index (χ3n) is 4.15. The van der Waals surface area contributed by atoms with Gasteiger partial charge in [-0.3, -0.25) is 4.40 Å². The Morgan fingerprint density at radius 2 is 2.30 bits per heavy atom. The largest absolute Gasteiger partial charge is 0.377 e. The molecule has 0 spiro atoms. The van der Waals surface area contributed by atoms with E-state index in [2.05, 4.69) is 31.7 Å². The van der Waals surface area contributed by atoms with Crippen molar-refractivity contribution in [1.29, 1.82) is 0 Å². The smallest absolute Gasteiger partial charge is 0.138 e. The second kappa shape index (κ2) is 5.07. The molecule has 1 unspecified atom stereocenters. The number of imidazole rings is 1. The lowest BCUT2D eigenvalue weighted by Crippen LogP contribution is -2.51. The molecule has 0 radical (unpaired) electrons. The minimum Gasteiger partial charge on any atom is -0.377 e. The number of morpholine rings is 1. The van der Waals surface area contributed by atoms with Crippen LogP contribution in [0.25, 0.3) is 5.65 Å². The first-order chi connectivity index (χ1) is 9.92. The van der Waals surface area contributed by atoms with Crippen LogP contribution >= 0.6 is 0 Å². The van der Waals surface area contributed by atoms with Gasteiger partial charge in [-0.2, -0.15) is 0 Å². The molecule has 4 rings (SSSR count). The highest BCUT2D eigenvalue weighted by Gasteiger charge is 2.27. The van der Waals surface area contributed by atoms with Gasteiger partial charge in [0.2, 0.25) is 0 Å². The van der Waals surface area contributed by atoms with Crippen LogP contribution in [0.2, 0.25) is 0 Å². The summed E-state index contributed by atoms with van der Waals surface area (Å²) in [6, 6.07) is 7.43. The fraction of sp³-hybridized carbons (Fsp3) is 0.533. The summed E-state index contributed by atoms with van der Waals surface area (Å²) >= 11 is 0. The standard InChI is InChI=1S/C15H20N4O/c1-2-14-16-6-7-19(14)15(3-1)18-8-9-20-11-13(18)10-17-12-4-5-12/h1-3,6-7,12-13,17H,4-5,8-11H2. The molecule has 2 fully saturated rings. The number of aromatic nitrogens is 2. The zero-order valence-corrected chi connectivity index (χ0v) is 11.5. The fourth-order valence-corrected chi connectivity index (χ4v) is 2.88. The maximum atomic E-state index is 5.67. The summed E-state index contributed by atoms with van der Waals surface area (Å²) in [6.45, 7) is 3.53. The lowest BCUT2D eigenvalue weighted by Gasteiger charge is -2.37. The van der Waals surface area contributed by atoms with E-state index in [9.17, 15) is 0 Å². The van der Waals surface area contributed by atoms with E-state index >= 15 is 0 Å². The summed E-state index contributed by atoms with van der Waals surface area (Å²) < 4.78 is 7.84. The molecule has 106 valence electrons. The molecule has 2 aromatic rings. The molecule has 2 aliphatic rings. The summed E-state index contributed by atoms with van der Waals surface area (Å²) in [5.41, 5.74) is 1.00. The van der Waals surface area contributed by atoms with Crippen molar-refractivity contribution in [2.75, 3.05) is 31.2 Å². The predicted octanol–water partition coefficient (Wildman–Crippen LogP) is 1.29. The van der Waals surface area contributed by atoms with Crippen LogP contribution in [0.3, 0.4) is 0 Å². The van der Waals surface area contributed by atoms with Crippen molar-refractivity contribution in [2.24, 2.45) is 0 Å². The van der Waals surface area contributed by atoms with Crippen molar-refractivity contribution in [3.05, 3.63) is 30.6 Å². The minimum absolute atomic E-state index is 0.400. The normalized spacial score (nSPS) is 23.4. The molecule has 0 bridgehead atoms. The lowest BCUT2D eigenvalue weighted by atomic mass is 10.2. The van der Waals surface area contributed by atoms with E-state index < -0.39 is 0 Å². The van der Waals surface area contributed by atoms with Crippen LogP contribution in [0.5, 0.6) is 0 Å². The van der Waals surface area contributed by atoms with Gasteiger partial charge in [0.25, 0.3) is 0 Å². The lowest BCUT2D eigenvalue weighted by molar-refractivity contribution is 0.0931. The summed E-state index contributed by atoms with van der Waals surface area (Å²) in [6.07, 6.45) is 6.54. The molecule has 2 aromatic heterocycles. The molecule has 0 aromatic carbocycles. The van der Waals surface area contributed by atoms with Gasteiger partial charge < -0.3 is 15.0 Å². The molecule has 1 atom stereocenters. The summed E-state index contributed by atoms with van der Waals surface area (Å²) in [7, 11) is 0. The molecular formula is C15H20N4O. The SMILES string of the molecule is c1cc(N2CCOCC2CNC2CC2)n2ccnc2c1. The fourth-order valence-electron chi connectivity index (χ4n) is 2.88. The molecule has 1 saturated carbocycles. The van der Waals surface area contributed by atoms with E-state index in [0.717, 1.165) is 38.0 Å². The average molecular weight is 272 g/mol. The number of hydrogen-bond donors (Lipinski definition) is 1. The Balaban J connectivity index is 1.61. The summed E-state index contributed by atoms with van der Waals surface area (Å²) in [5, 5.41) is 3.62. The van der Waals surface area contributed by atoms with Gasteiger partial charge in [0.15, 0.2) is 0 Å². The van der Waals surface area contributed by atoms with Gasteiger partial charge in [-0.25, -0.2) is 4.98 Å². The van der Waals surface area contributed by atoms with E-state index in [-0.39, 0.29) is 0 Å². The number of rotatable bonds is 4. The van der Waals surface area contributed by atoms with Gasteiger partial charge >= 0.3 is 0 Å². The molecule has 1 saturated heterocycles. The topological polar surface area (TPSA) is 41.8 Å². The summed E-state index contributed by atoms with van der Waals surface area (Å²) in [4.78, 5) is 6.82. The maximum Gasteiger partial charge on any atom is 0.138 e. The van der Waals surface area contributed by atoms with Gasteiger partial charge in [0, 0.05) is 31.5 Å². The van der Waals surface area contributed by atoms with E-state index in [1.165, 1.54) is 18.7 Å². The van der Waals surface area contributed by atoms with Gasteiger partial charge in [-0.1, -0.05) is 6.07 Å². The zero-order valence-electron chi connectivity index (χ0n) is 11.5. The monoisotopic (exact) mass is 272 g/mol. The molecule has 1 aliphatic heterocycles. The number of fused-ring (bicyclic) bond motifs is 1. The Morgan fingerprint density at radius 3 is 3.20 bits per heavy atom.